The van der Waals surface area contributed by atoms with Crippen LogP contribution in [0.4, 0.5) is 8.78 Å². The minimum atomic E-state index is -0.954. The zero-order valence-corrected chi connectivity index (χ0v) is 40.5. The van der Waals surface area contributed by atoms with Gasteiger partial charge in [-0.25, -0.2) is 8.78 Å². The Balaban J connectivity index is 0.864. The fraction of sp³-hybridized carbons (Fsp3) is 0.226. The van der Waals surface area contributed by atoms with Crippen LogP contribution in [0, 0.1) is 46.6 Å². The molecule has 0 amide bonds. The standard InChI is InChI=1S/C53H36F2N2OS6/c1-24-13-15-33(59-24)35-20-25-18-31-37(42(54)44(25)61-35)46-40(51(31,2)3)48-49(63-46)41-47(64-48)38-32(52(41,4)5)19-26-21-36(62-45(26)43(38)55)34-16-14-28(60-34)10-9-17-53(6)39(27(22-56)23-57)29-11-7-8-12-30(29)50(53)58/h7-8,11-16,18-21H,9-10,17H2,1-6H3. The molecule has 3 aromatic carbocycles. The van der Waals surface area contributed by atoms with Crippen LogP contribution in [-0.4, -0.2) is 5.78 Å². The van der Waals surface area contributed by atoms with E-state index in [1.165, 1.54) is 38.0 Å². The first kappa shape index (κ1) is 40.4. The van der Waals surface area contributed by atoms with Crippen molar-refractivity contribution >= 4 is 109 Å². The molecular weight excluding hydrogens is 911 g/mol. The lowest BCUT2D eigenvalue weighted by Crippen LogP contribution is -2.24. The summed E-state index contributed by atoms with van der Waals surface area (Å²) in [5.74, 6) is -0.342. The molecule has 64 heavy (non-hydrogen) atoms. The monoisotopic (exact) mass is 946 g/mol. The van der Waals surface area contributed by atoms with Crippen LogP contribution in [0.1, 0.15) is 95.4 Å². The van der Waals surface area contributed by atoms with Crippen molar-refractivity contribution in [1.82, 2.24) is 0 Å². The normalized spacial score (nSPS) is 17.5. The number of thiophene rings is 6. The largest absolute Gasteiger partial charge is 0.293 e. The van der Waals surface area contributed by atoms with Gasteiger partial charge in [0.15, 0.2) is 5.78 Å². The topological polar surface area (TPSA) is 64.7 Å². The molecule has 3 nitrogen and oxygen atoms in total. The first-order valence-electron chi connectivity index (χ1n) is 21.1. The summed E-state index contributed by atoms with van der Waals surface area (Å²) in [5, 5.41) is 21.5. The Kier molecular flexibility index (Phi) is 8.66. The van der Waals surface area contributed by atoms with E-state index < -0.39 is 16.2 Å². The molecule has 0 aliphatic heterocycles. The zero-order valence-electron chi connectivity index (χ0n) is 35.6. The lowest BCUT2D eigenvalue weighted by atomic mass is 9.75. The third-order valence-corrected chi connectivity index (χ3v) is 21.4. The Hall–Kier alpha value is -5.11. The lowest BCUT2D eigenvalue weighted by molar-refractivity contribution is 0.0880. The summed E-state index contributed by atoms with van der Waals surface area (Å²) < 4.78 is 37.8. The smallest absolute Gasteiger partial charge is 0.173 e. The minimum Gasteiger partial charge on any atom is -0.293 e. The molecular formula is C53H36F2N2OS6. The first-order valence-corrected chi connectivity index (χ1v) is 26.0. The summed E-state index contributed by atoms with van der Waals surface area (Å²) in [7, 11) is 0. The molecule has 0 N–H and O–H groups in total. The van der Waals surface area contributed by atoms with Crippen LogP contribution in [0.25, 0.3) is 75.5 Å². The van der Waals surface area contributed by atoms with Crippen molar-refractivity contribution in [3.63, 3.8) is 0 Å². The van der Waals surface area contributed by atoms with Crippen molar-refractivity contribution in [2.75, 3.05) is 0 Å². The number of rotatable bonds is 6. The Morgan fingerprint density at radius 3 is 1.69 bits per heavy atom. The molecule has 0 saturated carbocycles. The maximum atomic E-state index is 17.3. The van der Waals surface area contributed by atoms with E-state index in [0.717, 1.165) is 78.1 Å². The number of allylic oxidation sites excluding steroid dienone is 2. The van der Waals surface area contributed by atoms with Gasteiger partial charge in [-0.2, -0.15) is 10.5 Å². The maximum Gasteiger partial charge on any atom is 0.173 e. The molecule has 0 radical (unpaired) electrons. The molecule has 0 bridgehead atoms. The Labute approximate surface area is 392 Å². The number of carbonyl (C=O) groups excluding carboxylic acids is 1. The van der Waals surface area contributed by atoms with Gasteiger partial charge in [-0.3, -0.25) is 4.79 Å². The van der Waals surface area contributed by atoms with Crippen LogP contribution in [0.3, 0.4) is 0 Å². The van der Waals surface area contributed by atoms with E-state index in [2.05, 4.69) is 83.1 Å². The number of fused-ring (bicyclic) bond motifs is 12. The van der Waals surface area contributed by atoms with Crippen molar-refractivity contribution in [3.8, 4) is 52.5 Å². The molecule has 0 spiro atoms. The average molecular weight is 947 g/mol. The summed E-state index contributed by atoms with van der Waals surface area (Å²) in [6.45, 7) is 12.8. The number of nitriles is 2. The average Bonchev–Trinajstić information content (AvgIpc) is 4.13. The Morgan fingerprint density at radius 2 is 1.16 bits per heavy atom. The highest BCUT2D eigenvalue weighted by Gasteiger charge is 2.49. The predicted molar refractivity (Wildman–Crippen MR) is 267 cm³/mol. The van der Waals surface area contributed by atoms with E-state index in [1.807, 2.05) is 37.3 Å². The second-order valence-corrected chi connectivity index (χ2v) is 25.1. The number of Topliss-reactive ketones (excluding diaryl/α,β-unsaturated/α-hetero) is 1. The highest BCUT2D eigenvalue weighted by Crippen LogP contribution is 2.65. The minimum absolute atomic E-state index is 0.00506. The molecule has 12 rings (SSSR count). The third kappa shape index (κ3) is 5.31. The van der Waals surface area contributed by atoms with E-state index in [9.17, 15) is 15.3 Å². The van der Waals surface area contributed by atoms with Gasteiger partial charge in [0.05, 0.1) is 24.2 Å². The van der Waals surface area contributed by atoms with Crippen LogP contribution >= 0.6 is 68.0 Å². The SMILES string of the molecule is Cc1ccc(-c2cc3cc4c(c(F)c3s2)-c2sc3c5c(sc3c2C4(C)C)-c2c(cc3cc(-c4ccc(CCCC6(C)C(=O)c7ccccc7C6=C(C#N)C#N)s4)sc3c2F)C5(C)C)s1. The molecule has 3 aliphatic carbocycles. The molecule has 9 aromatic rings. The zero-order chi connectivity index (χ0) is 44.4. The molecule has 6 aromatic heterocycles. The highest BCUT2D eigenvalue weighted by atomic mass is 32.1. The Bertz CT molecular complexity index is 3700. The summed E-state index contributed by atoms with van der Waals surface area (Å²) in [6.07, 6.45) is 1.94. The van der Waals surface area contributed by atoms with Crippen LogP contribution < -0.4 is 0 Å². The van der Waals surface area contributed by atoms with Gasteiger partial charge < -0.3 is 0 Å². The highest BCUT2D eigenvalue weighted by molar-refractivity contribution is 7.32. The van der Waals surface area contributed by atoms with Gasteiger partial charge in [-0.05, 0) is 120 Å². The van der Waals surface area contributed by atoms with E-state index >= 15 is 8.78 Å². The Morgan fingerprint density at radius 1 is 0.625 bits per heavy atom. The fourth-order valence-corrected chi connectivity index (χ4v) is 18.7. The summed E-state index contributed by atoms with van der Waals surface area (Å²) >= 11 is 9.82. The number of nitrogens with zero attached hydrogens (tertiary/aromatic N) is 2. The van der Waals surface area contributed by atoms with Crippen LogP contribution in [0.2, 0.25) is 0 Å². The summed E-state index contributed by atoms with van der Waals surface area (Å²) in [4.78, 5) is 22.5. The first-order chi connectivity index (χ1) is 30.6. The number of carbonyl (C=O) groups is 1. The number of hydrogen-bond acceptors (Lipinski definition) is 9. The molecule has 1 unspecified atom stereocenters. The number of hydrogen-bond donors (Lipinski definition) is 0. The maximum absolute atomic E-state index is 17.3. The molecule has 0 saturated heterocycles. The van der Waals surface area contributed by atoms with Crippen molar-refractivity contribution < 1.29 is 13.6 Å². The molecule has 3 aliphatic rings. The quantitative estimate of drug-likeness (QED) is 0.156. The van der Waals surface area contributed by atoms with E-state index in [-0.39, 0.29) is 23.0 Å². The summed E-state index contributed by atoms with van der Waals surface area (Å²) in [5.41, 5.74) is 5.72. The molecule has 314 valence electrons. The van der Waals surface area contributed by atoms with Gasteiger partial charge >= 0.3 is 0 Å². The van der Waals surface area contributed by atoms with E-state index in [1.54, 1.807) is 51.4 Å². The second kappa shape index (κ2) is 13.7. The second-order valence-electron chi connectivity index (χ2n) is 18.5. The molecule has 1 atom stereocenters. The third-order valence-electron chi connectivity index (χ3n) is 14.0. The van der Waals surface area contributed by atoms with Crippen LogP contribution in [0.15, 0.2) is 78.4 Å². The van der Waals surface area contributed by atoms with Gasteiger partial charge in [0, 0.05) is 72.1 Å². The van der Waals surface area contributed by atoms with Gasteiger partial charge in [0.2, 0.25) is 0 Å². The van der Waals surface area contributed by atoms with E-state index in [4.69, 9.17) is 0 Å². The van der Waals surface area contributed by atoms with Crippen LogP contribution in [-0.2, 0) is 17.3 Å². The number of benzene rings is 3. The lowest BCUT2D eigenvalue weighted by Gasteiger charge is -2.24. The summed E-state index contributed by atoms with van der Waals surface area (Å²) in [6, 6.07) is 28.5. The predicted octanol–water partition coefficient (Wildman–Crippen LogP) is 17.1. The van der Waals surface area contributed by atoms with E-state index in [0.29, 0.717) is 44.5 Å². The van der Waals surface area contributed by atoms with Crippen molar-refractivity contribution in [2.45, 2.75) is 71.6 Å². The fourth-order valence-electron chi connectivity index (χ4n) is 10.9. The van der Waals surface area contributed by atoms with Crippen molar-refractivity contribution in [2.24, 2.45) is 5.41 Å². The number of aryl methyl sites for hydroxylation is 2. The molecule has 11 heteroatoms. The van der Waals surface area contributed by atoms with Crippen molar-refractivity contribution in [1.29, 1.82) is 10.5 Å². The molecule has 0 fully saturated rings. The number of halogens is 2. The number of ketones is 1. The van der Waals surface area contributed by atoms with Gasteiger partial charge in [-0.15, -0.1) is 68.0 Å². The van der Waals surface area contributed by atoms with Gasteiger partial charge in [0.25, 0.3) is 0 Å². The molecule has 6 heterocycles. The van der Waals surface area contributed by atoms with Gasteiger partial charge in [0.1, 0.15) is 29.3 Å². The van der Waals surface area contributed by atoms with Gasteiger partial charge in [-0.1, -0.05) is 52.0 Å². The van der Waals surface area contributed by atoms with Crippen LogP contribution in [0.5, 0.6) is 0 Å². The van der Waals surface area contributed by atoms with Crippen molar-refractivity contribution in [3.05, 3.63) is 133 Å².